The van der Waals surface area contributed by atoms with Crippen LogP contribution in [0.25, 0.3) is 22.6 Å². The summed E-state index contributed by atoms with van der Waals surface area (Å²) in [5.74, 6) is -2.65. The molecule has 4 aromatic rings. The summed E-state index contributed by atoms with van der Waals surface area (Å²) in [6, 6.07) is 15.6. The number of nitrogens with zero attached hydrogens (tertiary/aromatic N) is 1. The van der Waals surface area contributed by atoms with Gasteiger partial charge in [0.2, 0.25) is 0 Å². The van der Waals surface area contributed by atoms with Gasteiger partial charge in [-0.3, -0.25) is 4.79 Å². The molecule has 0 unspecified atom stereocenters. The van der Waals surface area contributed by atoms with Crippen LogP contribution in [0.1, 0.15) is 15.9 Å². The van der Waals surface area contributed by atoms with Crippen molar-refractivity contribution in [3.8, 4) is 28.3 Å². The van der Waals surface area contributed by atoms with Gasteiger partial charge in [0, 0.05) is 16.7 Å². The summed E-state index contributed by atoms with van der Waals surface area (Å²) in [6.07, 6.45) is 0. The highest BCUT2D eigenvalue weighted by molar-refractivity contribution is 6.33. The highest BCUT2D eigenvalue weighted by atomic mass is 35.5. The largest absolute Gasteiger partial charge is 0.508 e. The van der Waals surface area contributed by atoms with E-state index < -0.39 is 17.4 Å². The van der Waals surface area contributed by atoms with Crippen LogP contribution in [0.15, 0.2) is 71.3 Å². The highest BCUT2D eigenvalue weighted by Gasteiger charge is 2.27. The lowest BCUT2D eigenvalue weighted by Gasteiger charge is -2.06. The highest BCUT2D eigenvalue weighted by Crippen LogP contribution is 2.37. The van der Waals surface area contributed by atoms with Crippen LogP contribution in [0.4, 0.5) is 8.78 Å². The average Bonchev–Trinajstić information content (AvgIpc) is 3.15. The minimum absolute atomic E-state index is 0.0353. The van der Waals surface area contributed by atoms with E-state index in [-0.39, 0.29) is 28.3 Å². The topological polar surface area (TPSA) is 63.3 Å². The zero-order valence-electron chi connectivity index (χ0n) is 14.7. The van der Waals surface area contributed by atoms with Crippen molar-refractivity contribution < 1.29 is 23.2 Å². The first-order valence-electron chi connectivity index (χ1n) is 8.49. The van der Waals surface area contributed by atoms with E-state index in [1.165, 1.54) is 18.2 Å². The van der Waals surface area contributed by atoms with Crippen LogP contribution < -0.4 is 0 Å². The Kier molecular flexibility index (Phi) is 4.86. The van der Waals surface area contributed by atoms with Gasteiger partial charge in [-0.2, -0.15) is 0 Å². The van der Waals surface area contributed by atoms with Crippen molar-refractivity contribution in [3.05, 3.63) is 94.5 Å². The van der Waals surface area contributed by atoms with Gasteiger partial charge < -0.3 is 9.63 Å². The molecule has 3 aromatic carbocycles. The van der Waals surface area contributed by atoms with Crippen LogP contribution in [0.5, 0.6) is 5.75 Å². The molecule has 4 nitrogen and oxygen atoms in total. The van der Waals surface area contributed by atoms with Gasteiger partial charge >= 0.3 is 0 Å². The minimum atomic E-state index is -1.14. The fraction of sp³-hybridized carbons (Fsp3) is 0. The average molecular weight is 412 g/mol. The number of phenols is 1. The number of carbonyl (C=O) groups is 1. The van der Waals surface area contributed by atoms with Gasteiger partial charge in [-0.15, -0.1) is 0 Å². The standard InChI is InChI=1S/C22H12ClF2NO3/c23-16-4-2-1-3-15(16)20-19(21(28)13-7-10-17(24)18(25)11-13)22(29-26-20)12-5-8-14(27)9-6-12/h1-11,27H. The molecule has 4 rings (SSSR count). The summed E-state index contributed by atoms with van der Waals surface area (Å²) in [6.45, 7) is 0. The molecule has 0 fully saturated rings. The molecule has 1 heterocycles. The van der Waals surface area contributed by atoms with Crippen molar-refractivity contribution in [2.24, 2.45) is 0 Å². The van der Waals surface area contributed by atoms with Crippen LogP contribution in [0.2, 0.25) is 5.02 Å². The molecule has 0 saturated carbocycles. The molecule has 1 N–H and O–H groups in total. The van der Waals surface area contributed by atoms with Crippen molar-refractivity contribution in [3.63, 3.8) is 0 Å². The molecule has 0 radical (unpaired) electrons. The first-order valence-corrected chi connectivity index (χ1v) is 8.87. The lowest BCUT2D eigenvalue weighted by molar-refractivity contribution is 0.103. The second-order valence-corrected chi connectivity index (χ2v) is 6.63. The number of hydrogen-bond acceptors (Lipinski definition) is 4. The maximum Gasteiger partial charge on any atom is 0.199 e. The number of aromatic nitrogens is 1. The smallest absolute Gasteiger partial charge is 0.199 e. The summed E-state index contributed by atoms with van der Waals surface area (Å²) >= 11 is 6.27. The number of carbonyl (C=O) groups excluding carboxylic acids is 1. The first kappa shape index (κ1) is 18.8. The van der Waals surface area contributed by atoms with Crippen LogP contribution in [-0.4, -0.2) is 16.0 Å². The Hall–Kier alpha value is -3.51. The van der Waals surface area contributed by atoms with E-state index in [1.54, 1.807) is 36.4 Å². The summed E-state index contributed by atoms with van der Waals surface area (Å²) < 4.78 is 32.5. The fourth-order valence-electron chi connectivity index (χ4n) is 2.93. The molecular formula is C22H12ClF2NO3. The van der Waals surface area contributed by atoms with Crippen molar-refractivity contribution in [2.45, 2.75) is 0 Å². The molecule has 29 heavy (non-hydrogen) atoms. The van der Waals surface area contributed by atoms with Crippen molar-refractivity contribution in [2.75, 3.05) is 0 Å². The Bertz CT molecular complexity index is 1220. The number of phenolic OH excluding ortho intramolecular Hbond substituents is 1. The van der Waals surface area contributed by atoms with Crippen LogP contribution in [0.3, 0.4) is 0 Å². The summed E-state index contributed by atoms with van der Waals surface area (Å²) in [5.41, 5.74) is 1.08. The normalized spacial score (nSPS) is 10.9. The Labute approximate surface area is 169 Å². The molecule has 0 bridgehead atoms. The van der Waals surface area contributed by atoms with Gasteiger partial charge in [-0.1, -0.05) is 35.0 Å². The molecule has 0 aliphatic carbocycles. The number of ketones is 1. The van der Waals surface area contributed by atoms with Gasteiger partial charge in [0.05, 0.1) is 10.6 Å². The molecule has 7 heteroatoms. The van der Waals surface area contributed by atoms with E-state index in [4.69, 9.17) is 16.1 Å². The first-order chi connectivity index (χ1) is 14.0. The van der Waals surface area contributed by atoms with Gasteiger partial charge in [0.25, 0.3) is 0 Å². The maximum atomic E-state index is 13.7. The number of hydrogen-bond donors (Lipinski definition) is 1. The summed E-state index contributed by atoms with van der Waals surface area (Å²) in [5, 5.41) is 13.9. The Morgan fingerprint density at radius 3 is 2.38 bits per heavy atom. The monoisotopic (exact) mass is 411 g/mol. The number of aromatic hydroxyl groups is 1. The minimum Gasteiger partial charge on any atom is -0.508 e. The summed E-state index contributed by atoms with van der Waals surface area (Å²) in [4.78, 5) is 13.3. The molecule has 0 aliphatic rings. The number of benzene rings is 3. The van der Waals surface area contributed by atoms with Crippen molar-refractivity contribution in [1.82, 2.24) is 5.16 Å². The Morgan fingerprint density at radius 1 is 0.966 bits per heavy atom. The maximum absolute atomic E-state index is 13.7. The second-order valence-electron chi connectivity index (χ2n) is 6.22. The zero-order valence-corrected chi connectivity index (χ0v) is 15.5. The Morgan fingerprint density at radius 2 is 1.69 bits per heavy atom. The third-order valence-corrected chi connectivity index (χ3v) is 4.69. The second kappa shape index (κ2) is 7.48. The third-order valence-electron chi connectivity index (χ3n) is 4.36. The molecular weight excluding hydrogens is 400 g/mol. The Balaban J connectivity index is 1.94. The fourth-order valence-corrected chi connectivity index (χ4v) is 3.15. The number of halogens is 3. The van der Waals surface area contributed by atoms with E-state index in [9.17, 15) is 18.7 Å². The van der Waals surface area contributed by atoms with E-state index in [0.717, 1.165) is 12.1 Å². The molecule has 0 spiro atoms. The molecule has 144 valence electrons. The van der Waals surface area contributed by atoms with Gasteiger partial charge in [-0.05, 0) is 48.5 Å². The van der Waals surface area contributed by atoms with Crippen LogP contribution in [0, 0.1) is 11.6 Å². The molecule has 0 amide bonds. The van der Waals surface area contributed by atoms with E-state index in [0.29, 0.717) is 16.1 Å². The third kappa shape index (κ3) is 3.50. The quantitative estimate of drug-likeness (QED) is 0.426. The van der Waals surface area contributed by atoms with Crippen molar-refractivity contribution >= 4 is 17.4 Å². The SMILES string of the molecule is O=C(c1ccc(F)c(F)c1)c1c(-c2ccccc2Cl)noc1-c1ccc(O)cc1. The van der Waals surface area contributed by atoms with Crippen LogP contribution in [-0.2, 0) is 0 Å². The van der Waals surface area contributed by atoms with E-state index in [2.05, 4.69) is 5.16 Å². The van der Waals surface area contributed by atoms with Gasteiger partial charge in [-0.25, -0.2) is 8.78 Å². The molecule has 0 atom stereocenters. The predicted molar refractivity (Wildman–Crippen MR) is 104 cm³/mol. The van der Waals surface area contributed by atoms with Gasteiger partial charge in [0.15, 0.2) is 23.2 Å². The van der Waals surface area contributed by atoms with Crippen molar-refractivity contribution in [1.29, 1.82) is 0 Å². The zero-order chi connectivity index (χ0) is 20.5. The summed E-state index contributed by atoms with van der Waals surface area (Å²) in [7, 11) is 0. The predicted octanol–water partition coefficient (Wildman–Crippen LogP) is 5.88. The molecule has 0 aliphatic heterocycles. The molecule has 0 saturated heterocycles. The lowest BCUT2D eigenvalue weighted by atomic mass is 9.95. The number of rotatable bonds is 4. The van der Waals surface area contributed by atoms with Gasteiger partial charge in [0.1, 0.15) is 11.4 Å². The molecule has 1 aromatic heterocycles. The van der Waals surface area contributed by atoms with Crippen LogP contribution >= 0.6 is 11.6 Å². The van der Waals surface area contributed by atoms with E-state index >= 15 is 0 Å². The van der Waals surface area contributed by atoms with E-state index in [1.807, 2.05) is 0 Å². The lowest BCUT2D eigenvalue weighted by Crippen LogP contribution is -2.05.